The van der Waals surface area contributed by atoms with Gasteiger partial charge in [0, 0.05) is 18.0 Å². The average molecular weight is 401 g/mol. The highest BCUT2D eigenvalue weighted by atomic mass is 15.5. The molecule has 0 spiro atoms. The van der Waals surface area contributed by atoms with Gasteiger partial charge in [0.25, 0.3) is 0 Å². The van der Waals surface area contributed by atoms with E-state index in [1.807, 2.05) is 13.1 Å². The maximum Gasteiger partial charge on any atom is 0.205 e. The molecule has 0 atom stereocenters. The Labute approximate surface area is 177 Å². The SMILES string of the molecule is CCCCCCc1ccc2nc(NC)c(C)c(-c3ccccc3)c2c1-c1nn[nH]n1. The van der Waals surface area contributed by atoms with E-state index in [9.17, 15) is 0 Å². The number of pyridine rings is 1. The van der Waals surface area contributed by atoms with Crippen LogP contribution in [0.4, 0.5) is 5.82 Å². The van der Waals surface area contributed by atoms with Gasteiger partial charge in [-0.3, -0.25) is 0 Å². The minimum absolute atomic E-state index is 0.627. The van der Waals surface area contributed by atoms with Gasteiger partial charge in [-0.15, -0.1) is 10.2 Å². The highest BCUT2D eigenvalue weighted by molar-refractivity contribution is 6.07. The third-order valence-electron chi connectivity index (χ3n) is 5.65. The lowest BCUT2D eigenvalue weighted by Crippen LogP contribution is -2.02. The zero-order chi connectivity index (χ0) is 20.9. The van der Waals surface area contributed by atoms with Crippen molar-refractivity contribution in [2.45, 2.75) is 46.0 Å². The van der Waals surface area contributed by atoms with E-state index in [0.717, 1.165) is 46.3 Å². The summed E-state index contributed by atoms with van der Waals surface area (Å²) >= 11 is 0. The normalized spacial score (nSPS) is 11.2. The van der Waals surface area contributed by atoms with Crippen LogP contribution in [-0.4, -0.2) is 32.7 Å². The van der Waals surface area contributed by atoms with Crippen LogP contribution in [0.2, 0.25) is 0 Å². The van der Waals surface area contributed by atoms with Crippen LogP contribution in [0, 0.1) is 6.92 Å². The number of H-pyrrole nitrogens is 1. The Morgan fingerprint density at radius 2 is 1.80 bits per heavy atom. The predicted molar refractivity (Wildman–Crippen MR) is 122 cm³/mol. The number of fused-ring (bicyclic) bond motifs is 1. The Morgan fingerprint density at radius 3 is 2.50 bits per heavy atom. The van der Waals surface area contributed by atoms with E-state index in [2.05, 4.69) is 76.2 Å². The minimum Gasteiger partial charge on any atom is -0.373 e. The van der Waals surface area contributed by atoms with E-state index in [1.54, 1.807) is 0 Å². The number of hydrogen-bond donors (Lipinski definition) is 2. The molecule has 2 aromatic heterocycles. The second kappa shape index (κ2) is 9.03. The number of aryl methyl sites for hydroxylation is 1. The number of unbranched alkanes of at least 4 members (excludes halogenated alkanes) is 3. The van der Waals surface area contributed by atoms with Crippen LogP contribution in [0.25, 0.3) is 33.4 Å². The van der Waals surface area contributed by atoms with Gasteiger partial charge in [0.1, 0.15) is 5.82 Å². The summed E-state index contributed by atoms with van der Waals surface area (Å²) < 4.78 is 0. The van der Waals surface area contributed by atoms with E-state index in [-0.39, 0.29) is 0 Å². The predicted octanol–water partition coefficient (Wildman–Crippen LogP) is 5.55. The molecule has 6 nitrogen and oxygen atoms in total. The van der Waals surface area contributed by atoms with Crippen LogP contribution in [0.5, 0.6) is 0 Å². The quantitative estimate of drug-likeness (QED) is 0.379. The molecule has 0 aliphatic carbocycles. The summed E-state index contributed by atoms with van der Waals surface area (Å²) in [5.74, 6) is 1.51. The summed E-state index contributed by atoms with van der Waals surface area (Å²) in [5, 5.41) is 19.5. The molecular formula is C24H28N6. The van der Waals surface area contributed by atoms with E-state index in [4.69, 9.17) is 4.98 Å². The van der Waals surface area contributed by atoms with Gasteiger partial charge in [-0.05, 0) is 53.3 Å². The third kappa shape index (κ3) is 3.77. The summed E-state index contributed by atoms with van der Waals surface area (Å²) in [6.07, 6.45) is 5.84. The molecular weight excluding hydrogens is 372 g/mol. The molecule has 0 amide bonds. The van der Waals surface area contributed by atoms with Crippen LogP contribution in [0.1, 0.15) is 43.7 Å². The molecule has 4 aromatic rings. The molecule has 2 aromatic carbocycles. The van der Waals surface area contributed by atoms with Crippen molar-refractivity contribution in [1.82, 2.24) is 25.6 Å². The van der Waals surface area contributed by atoms with Crippen molar-refractivity contribution in [1.29, 1.82) is 0 Å². The Balaban J connectivity index is 2.01. The molecule has 2 heterocycles. The number of nitrogens with zero attached hydrogens (tertiary/aromatic N) is 4. The molecule has 154 valence electrons. The standard InChI is InChI=1S/C24H28N6/c1-4-5-6-8-13-18-14-15-19-22(21(18)24-27-29-30-28-24)20(16(2)23(25-3)26-19)17-11-9-7-10-12-17/h7,9-12,14-15H,4-6,8,13H2,1-3H3,(H,25,26)(H,27,28,29,30). The van der Waals surface area contributed by atoms with Gasteiger partial charge in [-0.25, -0.2) is 4.98 Å². The van der Waals surface area contributed by atoms with Crippen LogP contribution in [0.15, 0.2) is 42.5 Å². The van der Waals surface area contributed by atoms with Gasteiger partial charge in [0.05, 0.1) is 5.52 Å². The molecule has 0 radical (unpaired) electrons. The second-order valence-electron chi connectivity index (χ2n) is 7.62. The zero-order valence-corrected chi connectivity index (χ0v) is 17.9. The molecule has 0 fully saturated rings. The summed E-state index contributed by atoms with van der Waals surface area (Å²) in [6, 6.07) is 14.8. The molecule has 0 aliphatic heterocycles. The first-order valence-electron chi connectivity index (χ1n) is 10.7. The van der Waals surface area contributed by atoms with E-state index >= 15 is 0 Å². The molecule has 30 heavy (non-hydrogen) atoms. The first-order chi connectivity index (χ1) is 14.7. The van der Waals surface area contributed by atoms with Gasteiger partial charge in [-0.1, -0.05) is 62.6 Å². The topological polar surface area (TPSA) is 79.4 Å². The van der Waals surface area contributed by atoms with Crippen LogP contribution < -0.4 is 5.32 Å². The highest BCUT2D eigenvalue weighted by Gasteiger charge is 2.21. The van der Waals surface area contributed by atoms with Crippen molar-refractivity contribution in [3.8, 4) is 22.5 Å². The first-order valence-corrected chi connectivity index (χ1v) is 10.7. The Hall–Kier alpha value is -3.28. The molecule has 4 rings (SSSR count). The fourth-order valence-electron chi connectivity index (χ4n) is 4.17. The fourth-order valence-corrected chi connectivity index (χ4v) is 4.17. The van der Waals surface area contributed by atoms with Crippen molar-refractivity contribution in [2.75, 3.05) is 12.4 Å². The Kier molecular flexibility index (Phi) is 6.02. The third-order valence-corrected chi connectivity index (χ3v) is 5.65. The van der Waals surface area contributed by atoms with Crippen molar-refractivity contribution in [2.24, 2.45) is 0 Å². The van der Waals surface area contributed by atoms with Gasteiger partial charge in [-0.2, -0.15) is 5.21 Å². The average Bonchev–Trinajstić information content (AvgIpc) is 3.31. The molecule has 0 saturated heterocycles. The molecule has 0 unspecified atom stereocenters. The Morgan fingerprint density at radius 1 is 0.967 bits per heavy atom. The second-order valence-corrected chi connectivity index (χ2v) is 7.62. The zero-order valence-electron chi connectivity index (χ0n) is 17.9. The lowest BCUT2D eigenvalue weighted by Gasteiger charge is -2.18. The number of anilines is 1. The van der Waals surface area contributed by atoms with E-state index in [0.29, 0.717) is 5.82 Å². The Bertz CT molecular complexity index is 1120. The molecule has 6 heteroatoms. The largest absolute Gasteiger partial charge is 0.373 e. The van der Waals surface area contributed by atoms with Crippen molar-refractivity contribution >= 4 is 16.7 Å². The maximum absolute atomic E-state index is 4.90. The number of tetrazole rings is 1. The number of aromatic amines is 1. The van der Waals surface area contributed by atoms with Crippen LogP contribution >= 0.6 is 0 Å². The summed E-state index contributed by atoms with van der Waals surface area (Å²) in [4.78, 5) is 4.90. The van der Waals surface area contributed by atoms with Gasteiger partial charge >= 0.3 is 0 Å². The highest BCUT2D eigenvalue weighted by Crippen LogP contribution is 2.41. The summed E-state index contributed by atoms with van der Waals surface area (Å²) in [7, 11) is 1.91. The molecule has 0 bridgehead atoms. The van der Waals surface area contributed by atoms with Gasteiger partial charge in [0.2, 0.25) is 5.82 Å². The van der Waals surface area contributed by atoms with Gasteiger partial charge < -0.3 is 5.32 Å². The van der Waals surface area contributed by atoms with E-state index < -0.39 is 0 Å². The van der Waals surface area contributed by atoms with Crippen molar-refractivity contribution < 1.29 is 0 Å². The van der Waals surface area contributed by atoms with Crippen LogP contribution in [0.3, 0.4) is 0 Å². The van der Waals surface area contributed by atoms with Crippen molar-refractivity contribution in [3.05, 3.63) is 53.6 Å². The number of rotatable bonds is 8. The van der Waals surface area contributed by atoms with E-state index in [1.165, 1.54) is 30.4 Å². The number of aromatic nitrogens is 5. The minimum atomic E-state index is 0.627. The first kappa shape index (κ1) is 20.0. The fraction of sp³-hybridized carbons (Fsp3) is 0.333. The van der Waals surface area contributed by atoms with Crippen LogP contribution in [-0.2, 0) is 6.42 Å². The monoisotopic (exact) mass is 400 g/mol. The smallest absolute Gasteiger partial charge is 0.205 e. The lowest BCUT2D eigenvalue weighted by atomic mass is 9.89. The molecule has 2 N–H and O–H groups in total. The lowest BCUT2D eigenvalue weighted by molar-refractivity contribution is 0.667. The number of hydrogen-bond acceptors (Lipinski definition) is 5. The van der Waals surface area contributed by atoms with Crippen molar-refractivity contribution in [3.63, 3.8) is 0 Å². The number of benzene rings is 2. The number of nitrogens with one attached hydrogen (secondary N) is 2. The molecule has 0 saturated carbocycles. The van der Waals surface area contributed by atoms with Gasteiger partial charge in [0.15, 0.2) is 0 Å². The maximum atomic E-state index is 4.90. The summed E-state index contributed by atoms with van der Waals surface area (Å²) in [6.45, 7) is 4.36. The molecule has 0 aliphatic rings. The summed E-state index contributed by atoms with van der Waals surface area (Å²) in [5.41, 5.74) is 6.65.